The van der Waals surface area contributed by atoms with Crippen LogP contribution < -0.4 is 10.6 Å². The minimum absolute atomic E-state index is 0.0759. The van der Waals surface area contributed by atoms with Crippen molar-refractivity contribution in [2.24, 2.45) is 0 Å². The van der Waals surface area contributed by atoms with E-state index in [4.69, 9.17) is 0 Å². The molecule has 3 N–H and O–H groups in total. The maximum Gasteiger partial charge on any atom is 0.318 e. The Bertz CT molecular complexity index is 977. The van der Waals surface area contributed by atoms with Gasteiger partial charge in [-0.25, -0.2) is 9.78 Å². The maximum absolute atomic E-state index is 12.4. The Kier molecular flexibility index (Phi) is 4.34. The summed E-state index contributed by atoms with van der Waals surface area (Å²) in [6, 6.07) is 7.93. The number of aromatic amines is 1. The molecule has 26 heavy (non-hydrogen) atoms. The number of nitrogens with zero attached hydrogens (tertiary/aromatic N) is 2. The van der Waals surface area contributed by atoms with E-state index >= 15 is 0 Å². The predicted octanol–water partition coefficient (Wildman–Crippen LogP) is 2.64. The van der Waals surface area contributed by atoms with Crippen molar-refractivity contribution in [1.82, 2.24) is 20.2 Å². The van der Waals surface area contributed by atoms with Crippen LogP contribution in [0.3, 0.4) is 0 Å². The molecule has 3 aromatic rings. The Balaban J connectivity index is 1.35. The number of amides is 3. The van der Waals surface area contributed by atoms with Crippen LogP contribution in [0.2, 0.25) is 0 Å². The van der Waals surface area contributed by atoms with Gasteiger partial charge in [-0.1, -0.05) is 18.2 Å². The highest BCUT2D eigenvalue weighted by molar-refractivity contribution is 7.13. The van der Waals surface area contributed by atoms with Gasteiger partial charge in [0.25, 0.3) is 0 Å². The highest BCUT2D eigenvalue weighted by Crippen LogP contribution is 2.27. The summed E-state index contributed by atoms with van der Waals surface area (Å²) in [5.74, 6) is -0.281. The second-order valence-corrected chi connectivity index (χ2v) is 7.16. The molecule has 0 aliphatic carbocycles. The number of fused-ring (bicyclic) bond motifs is 3. The average molecular weight is 369 g/mol. The number of hydrogen-bond donors (Lipinski definition) is 3. The van der Waals surface area contributed by atoms with E-state index in [9.17, 15) is 9.59 Å². The Morgan fingerprint density at radius 1 is 1.35 bits per heavy atom. The molecular weight excluding hydrogens is 350 g/mol. The number of hydrogen-bond acceptors (Lipinski definition) is 4. The summed E-state index contributed by atoms with van der Waals surface area (Å²) < 4.78 is 0. The fraction of sp³-hybridized carbons (Fsp3) is 0.278. The number of aryl methyl sites for hydroxylation is 1. The van der Waals surface area contributed by atoms with Crippen molar-refractivity contribution in [1.29, 1.82) is 0 Å². The van der Waals surface area contributed by atoms with Crippen LogP contribution in [0.4, 0.5) is 9.93 Å². The molecule has 0 fully saturated rings. The number of benzene rings is 1. The smallest absolute Gasteiger partial charge is 0.318 e. The molecule has 4 rings (SSSR count). The summed E-state index contributed by atoms with van der Waals surface area (Å²) in [6.07, 6.45) is 0.803. The molecule has 3 heterocycles. The van der Waals surface area contributed by atoms with Crippen molar-refractivity contribution in [3.05, 3.63) is 46.6 Å². The molecule has 0 bridgehead atoms. The Morgan fingerprint density at radius 2 is 2.19 bits per heavy atom. The standard InChI is InChI=1S/C18H19N5O2S/c1-11-10-26-17(20-11)22-16(24)8-19-18(25)23-7-6-13-12-4-2-3-5-14(12)21-15(13)9-23/h2-5,10,21H,6-9H2,1H3,(H,19,25)(H,20,22,24). The Hall–Kier alpha value is -2.87. The molecule has 134 valence electrons. The predicted molar refractivity (Wildman–Crippen MR) is 101 cm³/mol. The molecule has 8 heteroatoms. The topological polar surface area (TPSA) is 90.1 Å². The third-order valence-electron chi connectivity index (χ3n) is 4.44. The summed E-state index contributed by atoms with van der Waals surface area (Å²) in [6.45, 7) is 2.94. The molecule has 1 aliphatic rings. The number of H-pyrrole nitrogens is 1. The lowest BCUT2D eigenvalue weighted by Crippen LogP contribution is -2.45. The lowest BCUT2D eigenvalue weighted by atomic mass is 10.0. The highest BCUT2D eigenvalue weighted by Gasteiger charge is 2.24. The molecular formula is C18H19N5O2S. The molecule has 1 aromatic carbocycles. The summed E-state index contributed by atoms with van der Waals surface area (Å²) in [5, 5.41) is 8.99. The third-order valence-corrected chi connectivity index (χ3v) is 5.31. The van der Waals surface area contributed by atoms with Crippen molar-refractivity contribution in [2.75, 3.05) is 18.4 Å². The molecule has 0 atom stereocenters. The Labute approximate surface area is 154 Å². The zero-order valence-corrected chi connectivity index (χ0v) is 15.2. The fourth-order valence-corrected chi connectivity index (χ4v) is 3.91. The Morgan fingerprint density at radius 3 is 3.00 bits per heavy atom. The number of carbonyl (C=O) groups is 2. The van der Waals surface area contributed by atoms with Crippen molar-refractivity contribution in [3.63, 3.8) is 0 Å². The van der Waals surface area contributed by atoms with E-state index in [1.807, 2.05) is 30.5 Å². The average Bonchev–Trinajstić information content (AvgIpc) is 3.22. The van der Waals surface area contributed by atoms with Gasteiger partial charge in [-0.05, 0) is 25.0 Å². The molecule has 2 aromatic heterocycles. The first-order valence-corrected chi connectivity index (χ1v) is 9.31. The minimum atomic E-state index is -0.281. The third kappa shape index (κ3) is 3.28. The number of para-hydroxylation sites is 1. The van der Waals surface area contributed by atoms with Gasteiger partial charge in [0.05, 0.1) is 18.8 Å². The van der Waals surface area contributed by atoms with Crippen molar-refractivity contribution < 1.29 is 9.59 Å². The van der Waals surface area contributed by atoms with Gasteiger partial charge in [0, 0.05) is 28.5 Å². The molecule has 3 amide bonds. The van der Waals surface area contributed by atoms with Crippen LogP contribution in [0.5, 0.6) is 0 Å². The summed E-state index contributed by atoms with van der Waals surface area (Å²) in [5.41, 5.74) is 4.30. The number of urea groups is 1. The summed E-state index contributed by atoms with van der Waals surface area (Å²) in [7, 11) is 0. The number of rotatable bonds is 3. The number of carbonyl (C=O) groups excluding carboxylic acids is 2. The van der Waals surface area contributed by atoms with Gasteiger partial charge in [0.2, 0.25) is 5.91 Å². The number of anilines is 1. The molecule has 1 aliphatic heterocycles. The van der Waals surface area contributed by atoms with E-state index in [2.05, 4.69) is 26.7 Å². The van der Waals surface area contributed by atoms with Crippen LogP contribution in [0.15, 0.2) is 29.6 Å². The molecule has 0 saturated heterocycles. The van der Waals surface area contributed by atoms with Gasteiger partial charge in [0.15, 0.2) is 5.13 Å². The van der Waals surface area contributed by atoms with E-state index in [-0.39, 0.29) is 18.5 Å². The van der Waals surface area contributed by atoms with Crippen LogP contribution in [0.25, 0.3) is 10.9 Å². The number of thiazole rings is 1. The SMILES string of the molecule is Cc1csc(NC(=O)CNC(=O)N2CCc3c([nH]c4ccccc34)C2)n1. The largest absolute Gasteiger partial charge is 0.357 e. The number of aromatic nitrogens is 2. The van der Waals surface area contributed by atoms with E-state index < -0.39 is 0 Å². The molecule has 0 spiro atoms. The van der Waals surface area contributed by atoms with Crippen molar-refractivity contribution in [3.8, 4) is 0 Å². The summed E-state index contributed by atoms with van der Waals surface area (Å²) in [4.78, 5) is 33.6. The summed E-state index contributed by atoms with van der Waals surface area (Å²) >= 11 is 1.36. The second kappa shape index (κ2) is 6.80. The van der Waals surface area contributed by atoms with Gasteiger partial charge < -0.3 is 20.5 Å². The van der Waals surface area contributed by atoms with Crippen LogP contribution in [0.1, 0.15) is 17.0 Å². The van der Waals surface area contributed by atoms with E-state index in [0.29, 0.717) is 18.2 Å². The maximum atomic E-state index is 12.4. The normalized spacial score (nSPS) is 13.5. The van der Waals surface area contributed by atoms with Gasteiger partial charge in [-0.15, -0.1) is 11.3 Å². The van der Waals surface area contributed by atoms with Crippen molar-refractivity contribution in [2.45, 2.75) is 19.9 Å². The van der Waals surface area contributed by atoms with Gasteiger partial charge in [0.1, 0.15) is 0 Å². The molecule has 0 saturated carbocycles. The van der Waals surface area contributed by atoms with Crippen LogP contribution in [-0.4, -0.2) is 39.9 Å². The zero-order chi connectivity index (χ0) is 18.1. The van der Waals surface area contributed by atoms with Crippen LogP contribution >= 0.6 is 11.3 Å². The monoisotopic (exact) mass is 369 g/mol. The van der Waals surface area contributed by atoms with Gasteiger partial charge >= 0.3 is 6.03 Å². The first-order chi connectivity index (χ1) is 12.6. The lowest BCUT2D eigenvalue weighted by molar-refractivity contribution is -0.115. The van der Waals surface area contributed by atoms with E-state index in [1.165, 1.54) is 22.3 Å². The zero-order valence-electron chi connectivity index (χ0n) is 14.3. The van der Waals surface area contributed by atoms with E-state index in [1.54, 1.807) is 4.90 Å². The fourth-order valence-electron chi connectivity index (χ4n) is 3.21. The quantitative estimate of drug-likeness (QED) is 0.663. The molecule has 0 radical (unpaired) electrons. The second-order valence-electron chi connectivity index (χ2n) is 6.30. The van der Waals surface area contributed by atoms with Crippen molar-refractivity contribution >= 4 is 39.3 Å². The van der Waals surface area contributed by atoms with Crippen LogP contribution in [0, 0.1) is 6.92 Å². The van der Waals surface area contributed by atoms with E-state index in [0.717, 1.165) is 23.3 Å². The van der Waals surface area contributed by atoms with Gasteiger partial charge in [-0.2, -0.15) is 0 Å². The van der Waals surface area contributed by atoms with Crippen LogP contribution in [-0.2, 0) is 17.8 Å². The first-order valence-electron chi connectivity index (χ1n) is 8.43. The lowest BCUT2D eigenvalue weighted by Gasteiger charge is -2.27. The molecule has 7 nitrogen and oxygen atoms in total. The number of nitrogens with one attached hydrogen (secondary N) is 3. The van der Waals surface area contributed by atoms with Gasteiger partial charge in [-0.3, -0.25) is 4.79 Å². The molecule has 0 unspecified atom stereocenters. The highest BCUT2D eigenvalue weighted by atomic mass is 32.1. The first kappa shape index (κ1) is 16.6. The minimum Gasteiger partial charge on any atom is -0.357 e.